The molecule has 0 radical (unpaired) electrons. The molecule has 8 rings (SSSR count). The minimum atomic E-state index is -0.893. The van der Waals surface area contributed by atoms with Crippen molar-refractivity contribution in [3.63, 3.8) is 0 Å². The van der Waals surface area contributed by atoms with Crippen molar-refractivity contribution in [3.8, 4) is 33.5 Å². The SMILES string of the molecule is O=C(COc1ccc(Cl)cc1C(=O)c1cc(F)cc(F)c1)Nc1ccc(-c2ncco2)cc1.O=C(COc1ccc(Cl)cc1C(=O)c1cc(F)cc(F)c1)Nc1ccc(-c2nccs2)cc1. The lowest BCUT2D eigenvalue weighted by Crippen LogP contribution is -2.21. The van der Waals surface area contributed by atoms with Crippen LogP contribution in [0.15, 0.2) is 150 Å². The van der Waals surface area contributed by atoms with Crippen molar-refractivity contribution in [1.29, 1.82) is 0 Å². The van der Waals surface area contributed by atoms with E-state index in [0.717, 1.165) is 40.4 Å². The Labute approximate surface area is 386 Å². The maximum Gasteiger partial charge on any atom is 0.262 e. The van der Waals surface area contributed by atoms with E-state index < -0.39 is 59.9 Å². The van der Waals surface area contributed by atoms with Crippen LogP contribution in [0.3, 0.4) is 0 Å². The molecule has 6 aromatic carbocycles. The summed E-state index contributed by atoms with van der Waals surface area (Å²) in [6.07, 6.45) is 4.71. The summed E-state index contributed by atoms with van der Waals surface area (Å²) in [5.74, 6) is -5.33. The van der Waals surface area contributed by atoms with Gasteiger partial charge in [-0.15, -0.1) is 11.3 Å². The van der Waals surface area contributed by atoms with Crippen LogP contribution in [-0.4, -0.2) is 46.6 Å². The average molecular weight is 954 g/mol. The monoisotopic (exact) mass is 952 g/mol. The van der Waals surface area contributed by atoms with Crippen LogP contribution in [0.5, 0.6) is 11.5 Å². The topological polar surface area (TPSA) is 150 Å². The first kappa shape index (κ1) is 46.3. The van der Waals surface area contributed by atoms with Crippen LogP contribution < -0.4 is 20.1 Å². The fourth-order valence-electron chi connectivity index (χ4n) is 6.10. The van der Waals surface area contributed by atoms with Crippen LogP contribution in [-0.2, 0) is 9.59 Å². The van der Waals surface area contributed by atoms with Crippen molar-refractivity contribution in [2.24, 2.45) is 0 Å². The highest BCUT2D eigenvalue weighted by Crippen LogP contribution is 2.29. The van der Waals surface area contributed by atoms with E-state index >= 15 is 0 Å². The number of nitrogens with one attached hydrogen (secondary N) is 2. The highest BCUT2D eigenvalue weighted by Gasteiger charge is 2.20. The predicted octanol–water partition coefficient (Wildman–Crippen LogP) is 11.5. The van der Waals surface area contributed by atoms with Gasteiger partial charge in [0.15, 0.2) is 24.8 Å². The van der Waals surface area contributed by atoms with Crippen molar-refractivity contribution in [3.05, 3.63) is 201 Å². The van der Waals surface area contributed by atoms with E-state index in [1.807, 2.05) is 17.5 Å². The molecule has 0 aliphatic carbocycles. The van der Waals surface area contributed by atoms with Crippen LogP contribution in [0.4, 0.5) is 28.9 Å². The molecule has 0 bridgehead atoms. The fourth-order valence-corrected chi connectivity index (χ4v) is 7.09. The van der Waals surface area contributed by atoms with Crippen molar-refractivity contribution in [2.75, 3.05) is 23.8 Å². The largest absolute Gasteiger partial charge is 0.483 e. The van der Waals surface area contributed by atoms with Crippen molar-refractivity contribution >= 4 is 69.3 Å². The van der Waals surface area contributed by atoms with Crippen molar-refractivity contribution < 1.29 is 50.6 Å². The molecule has 11 nitrogen and oxygen atoms in total. The normalized spacial score (nSPS) is 10.6. The van der Waals surface area contributed by atoms with E-state index in [-0.39, 0.29) is 43.8 Å². The van der Waals surface area contributed by atoms with Crippen LogP contribution in [0.25, 0.3) is 22.0 Å². The number of carbonyl (C=O) groups is 4. The third-order valence-corrected chi connectivity index (χ3v) is 10.3. The Hall–Kier alpha value is -7.66. The first-order valence-corrected chi connectivity index (χ1v) is 20.9. The van der Waals surface area contributed by atoms with E-state index in [0.29, 0.717) is 29.4 Å². The van der Waals surface area contributed by atoms with Gasteiger partial charge in [0.25, 0.3) is 11.8 Å². The van der Waals surface area contributed by atoms with Gasteiger partial charge in [0, 0.05) is 67.4 Å². The summed E-state index contributed by atoms with van der Waals surface area (Å²) in [4.78, 5) is 58.6. The zero-order chi connectivity index (χ0) is 46.7. The summed E-state index contributed by atoms with van der Waals surface area (Å²) in [5.41, 5.74) is 2.28. The number of halogens is 6. The minimum absolute atomic E-state index is 0.0203. The quantitative estimate of drug-likeness (QED) is 0.0802. The van der Waals surface area contributed by atoms with Gasteiger partial charge in [0.1, 0.15) is 46.0 Å². The molecule has 2 heterocycles. The lowest BCUT2D eigenvalue weighted by atomic mass is 10.0. The van der Waals surface area contributed by atoms with E-state index in [1.54, 1.807) is 42.6 Å². The molecule has 332 valence electrons. The van der Waals surface area contributed by atoms with Crippen molar-refractivity contribution in [1.82, 2.24) is 9.97 Å². The molecular weight excluding hydrogens is 924 g/mol. The van der Waals surface area contributed by atoms with E-state index in [2.05, 4.69) is 20.6 Å². The van der Waals surface area contributed by atoms with E-state index in [9.17, 15) is 36.7 Å². The number of hydrogen-bond acceptors (Lipinski definition) is 10. The molecule has 2 aromatic heterocycles. The molecule has 2 N–H and O–H groups in total. The van der Waals surface area contributed by atoms with Gasteiger partial charge >= 0.3 is 0 Å². The van der Waals surface area contributed by atoms with Crippen LogP contribution in [0.1, 0.15) is 31.8 Å². The van der Waals surface area contributed by atoms with E-state index in [1.165, 1.54) is 60.2 Å². The summed E-state index contributed by atoms with van der Waals surface area (Å²) in [6.45, 7) is -0.811. The van der Waals surface area contributed by atoms with Gasteiger partial charge in [-0.25, -0.2) is 27.5 Å². The molecule has 0 atom stereocenters. The summed E-state index contributed by atoms with van der Waals surface area (Å²) in [5, 5.41) is 8.56. The summed E-state index contributed by atoms with van der Waals surface area (Å²) in [6, 6.07) is 27.3. The first-order valence-electron chi connectivity index (χ1n) is 19.2. The van der Waals surface area contributed by atoms with Gasteiger partial charge in [-0.1, -0.05) is 23.2 Å². The number of anilines is 2. The summed E-state index contributed by atoms with van der Waals surface area (Å²) < 4.78 is 70.4. The maximum atomic E-state index is 13.5. The maximum absolute atomic E-state index is 13.5. The van der Waals surface area contributed by atoms with Gasteiger partial charge in [-0.2, -0.15) is 0 Å². The Kier molecular flexibility index (Phi) is 15.0. The van der Waals surface area contributed by atoms with Gasteiger partial charge in [0.05, 0.1) is 17.3 Å². The molecule has 66 heavy (non-hydrogen) atoms. The van der Waals surface area contributed by atoms with Gasteiger partial charge in [0.2, 0.25) is 5.89 Å². The number of oxazole rings is 1. The molecule has 0 saturated carbocycles. The minimum Gasteiger partial charge on any atom is -0.483 e. The number of rotatable bonds is 14. The molecule has 0 aliphatic heterocycles. The summed E-state index contributed by atoms with van der Waals surface area (Å²) >= 11 is 13.5. The first-order chi connectivity index (χ1) is 31.8. The highest BCUT2D eigenvalue weighted by molar-refractivity contribution is 7.13. The number of benzene rings is 6. The standard InChI is InChI=1S/C24H15ClF2N2O4.C24H15ClF2N2O3S/c25-16-3-6-21(20(11-16)23(31)15-9-17(26)12-18(27)10-15)33-13-22(30)29-19-4-1-14(2-5-19)24-28-7-8-32-24;25-16-3-6-21(20(11-16)23(31)15-9-17(26)12-18(27)10-15)32-13-22(30)29-19-4-1-14(2-5-19)24-28-7-8-33-24/h2*1-12H,13H2,(H,29,30). The number of aromatic nitrogens is 2. The predicted molar refractivity (Wildman–Crippen MR) is 240 cm³/mol. The Morgan fingerprint density at radius 2 is 1.02 bits per heavy atom. The zero-order valence-electron chi connectivity index (χ0n) is 33.7. The average Bonchev–Trinajstić information content (AvgIpc) is 4.04. The molecule has 0 spiro atoms. The van der Waals surface area contributed by atoms with Gasteiger partial charge < -0.3 is 24.5 Å². The lowest BCUT2D eigenvalue weighted by molar-refractivity contribution is -0.118. The second-order valence-electron chi connectivity index (χ2n) is 13.8. The van der Waals surface area contributed by atoms with Crippen LogP contribution >= 0.6 is 34.5 Å². The second-order valence-corrected chi connectivity index (χ2v) is 15.5. The number of amides is 2. The van der Waals surface area contributed by atoms with Crippen LogP contribution in [0.2, 0.25) is 10.0 Å². The fraction of sp³-hybridized carbons (Fsp3) is 0.0417. The molecule has 0 fully saturated rings. The molecular formula is C48H30Cl2F4N4O7S. The van der Waals surface area contributed by atoms with E-state index in [4.69, 9.17) is 37.1 Å². The molecule has 2 amide bonds. The zero-order valence-corrected chi connectivity index (χ0v) is 36.0. The number of ketones is 2. The highest BCUT2D eigenvalue weighted by atomic mass is 35.5. The van der Waals surface area contributed by atoms with Gasteiger partial charge in [-0.05, 0) is 109 Å². The number of ether oxygens (including phenoxy) is 2. The third-order valence-electron chi connectivity index (χ3n) is 9.04. The molecule has 8 aromatic rings. The number of nitrogens with zero attached hydrogens (tertiary/aromatic N) is 2. The Morgan fingerprint density at radius 3 is 1.42 bits per heavy atom. The number of thiazole rings is 1. The Balaban J connectivity index is 0.000000196. The third kappa shape index (κ3) is 12.3. The molecule has 18 heteroatoms. The lowest BCUT2D eigenvalue weighted by Gasteiger charge is -2.12. The molecule has 0 aliphatic rings. The summed E-state index contributed by atoms with van der Waals surface area (Å²) in [7, 11) is 0. The molecule has 0 unspecified atom stereocenters. The second kappa shape index (κ2) is 21.3. The smallest absolute Gasteiger partial charge is 0.262 e. The van der Waals surface area contributed by atoms with Gasteiger partial charge in [-0.3, -0.25) is 19.2 Å². The number of carbonyl (C=O) groups excluding carboxylic acids is 4. The Bertz CT molecular complexity index is 2790. The van der Waals surface area contributed by atoms with Crippen molar-refractivity contribution in [2.45, 2.75) is 0 Å². The van der Waals surface area contributed by atoms with Crippen LogP contribution in [0, 0.1) is 23.3 Å². The molecule has 0 saturated heterocycles. The Morgan fingerprint density at radius 1 is 0.561 bits per heavy atom. The number of hydrogen-bond donors (Lipinski definition) is 2.